The second-order valence-corrected chi connectivity index (χ2v) is 11.2. The molecule has 33 heavy (non-hydrogen) atoms. The first-order valence-corrected chi connectivity index (χ1v) is 12.5. The fourth-order valence-electron chi connectivity index (χ4n) is 3.66. The summed E-state index contributed by atoms with van der Waals surface area (Å²) in [6.45, 7) is 5.61. The van der Waals surface area contributed by atoms with Gasteiger partial charge in [-0.2, -0.15) is 0 Å². The van der Waals surface area contributed by atoms with Gasteiger partial charge in [0.2, 0.25) is 9.47 Å². The maximum atomic E-state index is 13.1. The maximum Gasteiger partial charge on any atom is 0.270 e. The summed E-state index contributed by atoms with van der Waals surface area (Å²) in [5.74, 6) is 0.801. The van der Waals surface area contributed by atoms with Crippen molar-refractivity contribution in [2.75, 3.05) is 12.4 Å². The Bertz CT molecular complexity index is 1300. The minimum absolute atomic E-state index is 0.0954. The molecule has 1 amide bonds. The van der Waals surface area contributed by atoms with Crippen LogP contribution in [-0.4, -0.2) is 37.2 Å². The number of aryl methyl sites for hydroxylation is 1. The molecule has 0 saturated carbocycles. The zero-order chi connectivity index (χ0) is 23.8. The number of carbonyl (C=O) groups is 1. The number of nitrogens with zero attached hydrogens (tertiary/aromatic N) is 2. The Balaban J connectivity index is 1.56. The number of carbonyl (C=O) groups excluding carboxylic acids is 1. The molecule has 0 radical (unpaired) electrons. The number of methoxy groups -OCH3 is 1. The monoisotopic (exact) mass is 488 g/mol. The van der Waals surface area contributed by atoms with E-state index in [4.69, 9.17) is 9.47 Å². The fourth-order valence-corrected chi connectivity index (χ4v) is 5.79. The van der Waals surface area contributed by atoms with Crippen LogP contribution in [0.3, 0.4) is 0 Å². The first-order chi connectivity index (χ1) is 15.6. The van der Waals surface area contributed by atoms with Crippen LogP contribution in [0.15, 0.2) is 46.8 Å². The summed E-state index contributed by atoms with van der Waals surface area (Å²) in [6, 6.07) is 11.8. The van der Waals surface area contributed by atoms with Crippen molar-refractivity contribution in [2.45, 2.75) is 43.2 Å². The molecule has 0 aliphatic carbocycles. The van der Waals surface area contributed by atoms with E-state index in [0.29, 0.717) is 29.0 Å². The highest BCUT2D eigenvalue weighted by Gasteiger charge is 2.37. The van der Waals surface area contributed by atoms with E-state index in [-0.39, 0.29) is 15.4 Å². The number of nitrogens with one attached hydrogen (secondary N) is 2. The Morgan fingerprint density at radius 2 is 1.97 bits per heavy atom. The van der Waals surface area contributed by atoms with E-state index in [1.54, 1.807) is 37.4 Å². The summed E-state index contributed by atoms with van der Waals surface area (Å²) < 4.78 is 40.0. The Morgan fingerprint density at radius 1 is 1.21 bits per heavy atom. The standard InChI is InChI=1S/C22H24N4O5S2/c1-13-7-5-6-8-15(13)19(27)23-20-24-25-21(32-20)33(28,29)26-17-12-22(2,3)31-18-10-9-14(30-4)11-16(17)18/h5-11,17,26H,12H2,1-4H3,(H,23,24,27)/t17-/m0/s1. The van der Waals surface area contributed by atoms with Crippen LogP contribution in [0, 0.1) is 6.92 Å². The summed E-state index contributed by atoms with van der Waals surface area (Å²) in [7, 11) is -2.47. The molecule has 2 aromatic carbocycles. The molecule has 1 aliphatic heterocycles. The number of hydrogen-bond donors (Lipinski definition) is 2. The number of hydrogen-bond acceptors (Lipinski definition) is 8. The number of benzene rings is 2. The zero-order valence-electron chi connectivity index (χ0n) is 18.6. The number of aromatic nitrogens is 2. The van der Waals surface area contributed by atoms with Crippen LogP contribution in [-0.2, 0) is 10.0 Å². The smallest absolute Gasteiger partial charge is 0.270 e. The molecule has 174 valence electrons. The third-order valence-corrected chi connectivity index (χ3v) is 7.90. The van der Waals surface area contributed by atoms with Crippen LogP contribution in [0.1, 0.15) is 47.8 Å². The molecular formula is C22H24N4O5S2. The average Bonchev–Trinajstić information content (AvgIpc) is 3.22. The maximum absolute atomic E-state index is 13.1. The summed E-state index contributed by atoms with van der Waals surface area (Å²) in [6.07, 6.45) is 0.405. The zero-order valence-corrected chi connectivity index (χ0v) is 20.2. The van der Waals surface area contributed by atoms with Gasteiger partial charge in [-0.3, -0.25) is 10.1 Å². The molecule has 1 aliphatic rings. The van der Waals surface area contributed by atoms with E-state index in [2.05, 4.69) is 20.2 Å². The van der Waals surface area contributed by atoms with Gasteiger partial charge in [-0.15, -0.1) is 10.2 Å². The SMILES string of the molecule is COc1ccc2c(c1)[C@@H](NS(=O)(=O)c1nnc(NC(=O)c3ccccc3C)s1)CC(C)(C)O2. The highest BCUT2D eigenvalue weighted by molar-refractivity contribution is 7.91. The third kappa shape index (κ3) is 5.00. The molecule has 4 rings (SSSR count). The van der Waals surface area contributed by atoms with Crippen molar-refractivity contribution >= 4 is 32.4 Å². The average molecular weight is 489 g/mol. The normalized spacial score (nSPS) is 17.0. The van der Waals surface area contributed by atoms with Gasteiger partial charge in [-0.25, -0.2) is 13.1 Å². The second-order valence-electron chi connectivity index (χ2n) is 8.29. The Hall–Kier alpha value is -3.02. The predicted octanol–water partition coefficient (Wildman–Crippen LogP) is 3.69. The lowest BCUT2D eigenvalue weighted by molar-refractivity contribution is 0.0700. The lowest BCUT2D eigenvalue weighted by Gasteiger charge is -2.37. The summed E-state index contributed by atoms with van der Waals surface area (Å²) in [5.41, 5.74) is 1.37. The molecule has 11 heteroatoms. The van der Waals surface area contributed by atoms with Crippen LogP contribution in [0.5, 0.6) is 11.5 Å². The van der Waals surface area contributed by atoms with Gasteiger partial charge < -0.3 is 9.47 Å². The first-order valence-electron chi connectivity index (χ1n) is 10.2. The predicted molar refractivity (Wildman–Crippen MR) is 124 cm³/mol. The van der Waals surface area contributed by atoms with E-state index in [1.165, 1.54) is 0 Å². The van der Waals surface area contributed by atoms with Crippen molar-refractivity contribution in [2.24, 2.45) is 0 Å². The molecule has 0 unspecified atom stereocenters. The molecule has 2 heterocycles. The number of rotatable bonds is 6. The molecule has 1 aromatic heterocycles. The molecule has 0 spiro atoms. The quantitative estimate of drug-likeness (QED) is 0.508. The molecule has 9 nitrogen and oxygen atoms in total. The van der Waals surface area contributed by atoms with Crippen molar-refractivity contribution < 1.29 is 22.7 Å². The molecule has 0 bridgehead atoms. The van der Waals surface area contributed by atoms with Crippen molar-refractivity contribution in [1.29, 1.82) is 0 Å². The van der Waals surface area contributed by atoms with Crippen molar-refractivity contribution in [1.82, 2.24) is 14.9 Å². The van der Waals surface area contributed by atoms with Gasteiger partial charge in [-0.05, 0) is 50.6 Å². The number of sulfonamides is 1. The summed E-state index contributed by atoms with van der Waals surface area (Å²) in [4.78, 5) is 12.5. The molecule has 0 fully saturated rings. The first kappa shape index (κ1) is 23.1. The van der Waals surface area contributed by atoms with Gasteiger partial charge in [0.15, 0.2) is 0 Å². The van der Waals surface area contributed by atoms with Crippen molar-refractivity contribution in [3.63, 3.8) is 0 Å². The van der Waals surface area contributed by atoms with E-state index >= 15 is 0 Å². The van der Waals surface area contributed by atoms with Crippen LogP contribution < -0.4 is 19.5 Å². The third-order valence-electron chi connectivity index (χ3n) is 5.22. The Labute approximate surface area is 196 Å². The number of fused-ring (bicyclic) bond motifs is 1. The van der Waals surface area contributed by atoms with Gasteiger partial charge in [0.1, 0.15) is 17.1 Å². The molecule has 0 saturated heterocycles. The van der Waals surface area contributed by atoms with E-state index in [0.717, 1.165) is 16.9 Å². The van der Waals surface area contributed by atoms with Gasteiger partial charge in [0.25, 0.3) is 15.9 Å². The summed E-state index contributed by atoms with van der Waals surface area (Å²) in [5, 5.41) is 10.4. The lowest BCUT2D eigenvalue weighted by atomic mass is 9.90. The van der Waals surface area contributed by atoms with Gasteiger partial charge in [0.05, 0.1) is 13.2 Å². The highest BCUT2D eigenvalue weighted by atomic mass is 32.2. The van der Waals surface area contributed by atoms with Gasteiger partial charge >= 0.3 is 0 Å². The van der Waals surface area contributed by atoms with Crippen molar-refractivity contribution in [3.05, 3.63) is 59.2 Å². The number of amides is 1. The number of anilines is 1. The minimum Gasteiger partial charge on any atom is -0.497 e. The van der Waals surface area contributed by atoms with Crippen molar-refractivity contribution in [3.8, 4) is 11.5 Å². The van der Waals surface area contributed by atoms with Crippen LogP contribution in [0.4, 0.5) is 5.13 Å². The molecule has 2 N–H and O–H groups in total. The van der Waals surface area contributed by atoms with E-state index in [1.807, 2.05) is 32.9 Å². The van der Waals surface area contributed by atoms with Crippen LogP contribution in [0.2, 0.25) is 0 Å². The van der Waals surface area contributed by atoms with Gasteiger partial charge in [0, 0.05) is 17.5 Å². The number of ether oxygens (including phenoxy) is 2. The summed E-state index contributed by atoms with van der Waals surface area (Å²) >= 11 is 0.786. The largest absolute Gasteiger partial charge is 0.497 e. The Kier molecular flexibility index (Phi) is 6.12. The van der Waals surface area contributed by atoms with Crippen LogP contribution >= 0.6 is 11.3 Å². The highest BCUT2D eigenvalue weighted by Crippen LogP contribution is 2.41. The van der Waals surface area contributed by atoms with Gasteiger partial charge in [-0.1, -0.05) is 29.5 Å². The fraction of sp³-hybridized carbons (Fsp3) is 0.318. The Morgan fingerprint density at radius 3 is 2.70 bits per heavy atom. The lowest BCUT2D eigenvalue weighted by Crippen LogP contribution is -2.41. The van der Waals surface area contributed by atoms with E-state index < -0.39 is 21.7 Å². The van der Waals surface area contributed by atoms with E-state index in [9.17, 15) is 13.2 Å². The topological polar surface area (TPSA) is 120 Å². The minimum atomic E-state index is -4.01. The molecule has 1 atom stereocenters. The molecular weight excluding hydrogens is 464 g/mol. The van der Waals surface area contributed by atoms with Crippen LogP contribution in [0.25, 0.3) is 0 Å². The second kappa shape index (κ2) is 8.73. The molecule has 3 aromatic rings.